The van der Waals surface area contributed by atoms with Crippen molar-refractivity contribution in [3.8, 4) is 0 Å². The van der Waals surface area contributed by atoms with Crippen molar-refractivity contribution in [2.45, 2.75) is 0 Å². The third-order valence-electron chi connectivity index (χ3n) is 1.84. The van der Waals surface area contributed by atoms with Crippen LogP contribution in [0.25, 0.3) is 0 Å². The summed E-state index contributed by atoms with van der Waals surface area (Å²) in [5, 5.41) is 15.2. The van der Waals surface area contributed by atoms with Crippen molar-refractivity contribution in [1.29, 1.82) is 5.41 Å². The van der Waals surface area contributed by atoms with Crippen LogP contribution in [-0.4, -0.2) is 29.3 Å². The minimum atomic E-state index is -0.0927. The first-order chi connectivity index (χ1) is 8.17. The van der Waals surface area contributed by atoms with E-state index in [1.54, 1.807) is 17.4 Å². The molecule has 1 heterocycles. The van der Waals surface area contributed by atoms with E-state index in [0.29, 0.717) is 12.3 Å². The molecule has 4 nitrogen and oxygen atoms in total. The molecule has 0 saturated carbocycles. The van der Waals surface area contributed by atoms with Crippen molar-refractivity contribution >= 4 is 29.2 Å². The van der Waals surface area contributed by atoms with Crippen LogP contribution in [0.5, 0.6) is 0 Å². The van der Waals surface area contributed by atoms with Gasteiger partial charge in [0, 0.05) is 0 Å². The van der Waals surface area contributed by atoms with Gasteiger partial charge >= 0.3 is 115 Å². The summed E-state index contributed by atoms with van der Waals surface area (Å²) in [5.74, 6) is -0.0927. The van der Waals surface area contributed by atoms with Gasteiger partial charge in [0.2, 0.25) is 0 Å². The van der Waals surface area contributed by atoms with E-state index in [2.05, 4.69) is 10.2 Å². The summed E-state index contributed by atoms with van der Waals surface area (Å²) in [7, 11) is 0. The van der Waals surface area contributed by atoms with Crippen LogP contribution in [-0.2, 0) is 0 Å². The Kier molecular flexibility index (Phi) is 6.06. The summed E-state index contributed by atoms with van der Waals surface area (Å²) in [6.45, 7) is 0.303. The molecule has 1 rings (SSSR count). The van der Waals surface area contributed by atoms with Crippen LogP contribution in [0, 0.1) is 8.29 Å². The molecule has 0 aromatic carbocycles. The number of amides is 1. The van der Waals surface area contributed by atoms with Crippen LogP contribution in [0.2, 0.25) is 0 Å². The molecule has 1 aromatic rings. The van der Waals surface area contributed by atoms with E-state index in [-0.39, 0.29) is 27.1 Å². The van der Waals surface area contributed by atoms with Crippen molar-refractivity contribution in [3.05, 3.63) is 32.0 Å². The van der Waals surface area contributed by atoms with Crippen LogP contribution in [0.1, 0.15) is 9.67 Å². The van der Waals surface area contributed by atoms with Crippen LogP contribution in [0.15, 0.2) is 24.3 Å². The van der Waals surface area contributed by atoms with Crippen molar-refractivity contribution < 1.29 is 31.4 Å². The fraction of sp³-hybridized carbons (Fsp3) is 0.182. The van der Waals surface area contributed by atoms with Gasteiger partial charge in [0.25, 0.3) is 0 Å². The second-order valence-electron chi connectivity index (χ2n) is 3.08. The van der Waals surface area contributed by atoms with E-state index in [0.717, 1.165) is 11.1 Å². The third kappa shape index (κ3) is 4.78. The summed E-state index contributed by atoms with van der Waals surface area (Å²) in [6.07, 6.45) is 4.27. The molecule has 0 saturated heterocycles. The SMILES string of the molecule is C[I-]c1ccc(C(=O)NCC(=[NH2+])/C=C\C=N)s1. The molecule has 1 amide bonds. The third-order valence-corrected chi connectivity index (χ3v) is 5.83. The van der Waals surface area contributed by atoms with E-state index in [9.17, 15) is 4.79 Å². The van der Waals surface area contributed by atoms with Gasteiger partial charge in [0.15, 0.2) is 0 Å². The molecule has 6 heteroatoms. The van der Waals surface area contributed by atoms with Crippen molar-refractivity contribution in [3.63, 3.8) is 0 Å². The Morgan fingerprint density at radius 3 is 3.00 bits per heavy atom. The zero-order valence-corrected chi connectivity index (χ0v) is 12.3. The monoisotopic (exact) mass is 363 g/mol. The van der Waals surface area contributed by atoms with Gasteiger partial charge in [0.05, 0.1) is 0 Å². The summed E-state index contributed by atoms with van der Waals surface area (Å²) >= 11 is 1.59. The van der Waals surface area contributed by atoms with Gasteiger partial charge in [-0.3, -0.25) is 0 Å². The Balaban J connectivity index is 2.47. The molecule has 0 aliphatic heterocycles. The number of carbonyl (C=O) groups is 1. The zero-order chi connectivity index (χ0) is 12.7. The van der Waals surface area contributed by atoms with Gasteiger partial charge in [-0.25, -0.2) is 0 Å². The van der Waals surface area contributed by atoms with Crippen molar-refractivity contribution in [1.82, 2.24) is 5.32 Å². The normalized spacial score (nSPS) is 10.6. The fourth-order valence-electron chi connectivity index (χ4n) is 1.04. The zero-order valence-electron chi connectivity index (χ0n) is 9.37. The first kappa shape index (κ1) is 14.0. The number of nitrogens with two attached hydrogens (primary N) is 1. The van der Waals surface area contributed by atoms with Gasteiger partial charge < -0.3 is 0 Å². The Labute approximate surface area is 114 Å². The number of nitrogens with one attached hydrogen (secondary N) is 2. The summed E-state index contributed by atoms with van der Waals surface area (Å²) in [5.41, 5.74) is 0.529. The average molecular weight is 363 g/mol. The number of alkyl halides is 1. The molecule has 0 atom stereocenters. The topological polar surface area (TPSA) is 78.5 Å². The van der Waals surface area contributed by atoms with Crippen LogP contribution >= 0.6 is 11.3 Å². The Morgan fingerprint density at radius 2 is 2.41 bits per heavy atom. The number of hydrogen-bond acceptors (Lipinski definition) is 3. The number of thiophene rings is 1. The average Bonchev–Trinajstić information content (AvgIpc) is 2.82. The Hall–Kier alpha value is -1.02. The molecule has 0 aliphatic rings. The molecule has 0 aliphatic carbocycles. The van der Waals surface area contributed by atoms with Gasteiger partial charge in [-0.05, 0) is 0 Å². The first-order valence-electron chi connectivity index (χ1n) is 4.83. The van der Waals surface area contributed by atoms with E-state index in [1.807, 2.05) is 12.1 Å². The molecule has 92 valence electrons. The van der Waals surface area contributed by atoms with Crippen molar-refractivity contribution in [2.75, 3.05) is 11.5 Å². The molecule has 1 aromatic heterocycles. The molecule has 0 spiro atoms. The molecule has 17 heavy (non-hydrogen) atoms. The minimum absolute atomic E-state index is 0.0461. The quantitative estimate of drug-likeness (QED) is 0.278. The molecular formula is C11H14IN3OS. The van der Waals surface area contributed by atoms with Crippen LogP contribution < -0.4 is 31.9 Å². The first-order valence-corrected chi connectivity index (χ1v) is 8.88. The number of rotatable bonds is 6. The maximum atomic E-state index is 11.7. The van der Waals surface area contributed by atoms with Crippen LogP contribution in [0.4, 0.5) is 0 Å². The van der Waals surface area contributed by atoms with E-state index in [1.165, 1.54) is 8.96 Å². The van der Waals surface area contributed by atoms with Gasteiger partial charge in [-0.15, -0.1) is 0 Å². The number of halogens is 1. The van der Waals surface area contributed by atoms with Crippen molar-refractivity contribution in [2.24, 2.45) is 0 Å². The number of allylic oxidation sites excluding steroid dienone is 1. The van der Waals surface area contributed by atoms with Gasteiger partial charge in [0.1, 0.15) is 0 Å². The molecule has 0 fully saturated rings. The number of hydrogen-bond donors (Lipinski definition) is 3. The van der Waals surface area contributed by atoms with Gasteiger partial charge in [-0.2, -0.15) is 0 Å². The van der Waals surface area contributed by atoms with E-state index >= 15 is 0 Å². The standard InChI is InChI=1S/C11H13IN3OS/c1-12-10-5-4-9(17-10)11(16)15-7-8(14)3-2-6-13/h2-6,13-14H,7H2,1H3,(H,15,16)/q-1/p+1/b3-2-,13-6?,14-8?. The predicted molar refractivity (Wildman–Crippen MR) is 66.1 cm³/mol. The Morgan fingerprint density at radius 1 is 1.65 bits per heavy atom. The summed E-state index contributed by atoms with van der Waals surface area (Å²) < 4.78 is 1.30. The second kappa shape index (κ2) is 7.33. The molecule has 0 unspecified atom stereocenters. The summed E-state index contributed by atoms with van der Waals surface area (Å²) in [6, 6.07) is 3.86. The molecule has 4 N–H and O–H groups in total. The summed E-state index contributed by atoms with van der Waals surface area (Å²) in [4.78, 5) is 14.6. The van der Waals surface area contributed by atoms with Gasteiger partial charge in [-0.1, -0.05) is 0 Å². The number of carbonyl (C=O) groups excluding carboxylic acids is 1. The molecule has 0 radical (unpaired) electrons. The Bertz CT molecular complexity index is 453. The molecule has 0 bridgehead atoms. The van der Waals surface area contributed by atoms with E-state index in [4.69, 9.17) is 10.8 Å². The molecular weight excluding hydrogens is 349 g/mol. The maximum absolute atomic E-state index is 11.7. The van der Waals surface area contributed by atoms with E-state index < -0.39 is 0 Å². The second-order valence-corrected chi connectivity index (χ2v) is 7.13. The fourth-order valence-corrected chi connectivity index (χ4v) is 3.67. The predicted octanol–water partition coefficient (Wildman–Crippen LogP) is -3.23. The van der Waals surface area contributed by atoms with Crippen LogP contribution in [0.3, 0.4) is 0 Å².